The normalized spacial score (nSPS) is 10.6. The Bertz CT molecular complexity index is 1310. The number of nitrogens with one attached hydrogen (secondary N) is 2. The summed E-state index contributed by atoms with van der Waals surface area (Å²) in [7, 11) is 1.71. The maximum Gasteiger partial charge on any atom is 0.257 e. The minimum atomic E-state index is -0.414. The lowest BCUT2D eigenvalue weighted by atomic mass is 10.1. The van der Waals surface area contributed by atoms with Gasteiger partial charge in [-0.3, -0.25) is 19.3 Å². The molecule has 160 valence electrons. The molecule has 0 radical (unpaired) electrons. The van der Waals surface area contributed by atoms with Gasteiger partial charge in [0.25, 0.3) is 11.8 Å². The van der Waals surface area contributed by atoms with Crippen LogP contribution in [0.25, 0.3) is 11.3 Å². The van der Waals surface area contributed by atoms with Gasteiger partial charge in [-0.15, -0.1) is 0 Å². The fourth-order valence-corrected chi connectivity index (χ4v) is 3.53. The number of carbonyl (C=O) groups is 2. The van der Waals surface area contributed by atoms with Crippen LogP contribution in [-0.4, -0.2) is 26.6 Å². The highest BCUT2D eigenvalue weighted by Crippen LogP contribution is 2.30. The summed E-state index contributed by atoms with van der Waals surface area (Å²) in [4.78, 5) is 29.6. The van der Waals surface area contributed by atoms with Gasteiger partial charge in [0, 0.05) is 36.1 Å². The van der Waals surface area contributed by atoms with E-state index in [1.807, 2.05) is 18.2 Å². The van der Waals surface area contributed by atoms with Crippen molar-refractivity contribution in [3.8, 4) is 11.3 Å². The van der Waals surface area contributed by atoms with Crippen LogP contribution in [0.4, 0.5) is 11.5 Å². The Labute approximate surface area is 194 Å². The fourth-order valence-electron chi connectivity index (χ4n) is 3.05. The Morgan fingerprint density at radius 1 is 0.875 bits per heavy atom. The molecule has 7 nitrogen and oxygen atoms in total. The number of amides is 2. The van der Waals surface area contributed by atoms with E-state index in [-0.39, 0.29) is 16.5 Å². The van der Waals surface area contributed by atoms with Crippen LogP contribution >= 0.6 is 23.2 Å². The molecule has 32 heavy (non-hydrogen) atoms. The third-order valence-electron chi connectivity index (χ3n) is 4.70. The van der Waals surface area contributed by atoms with Crippen molar-refractivity contribution in [2.24, 2.45) is 7.05 Å². The number of nitrogens with zero attached hydrogens (tertiary/aromatic N) is 3. The monoisotopic (exact) mass is 465 g/mol. The van der Waals surface area contributed by atoms with Gasteiger partial charge in [-0.25, -0.2) is 0 Å². The zero-order chi connectivity index (χ0) is 22.7. The smallest absolute Gasteiger partial charge is 0.257 e. The number of rotatable bonds is 5. The first-order valence-corrected chi connectivity index (χ1v) is 10.3. The van der Waals surface area contributed by atoms with E-state index in [1.165, 1.54) is 22.9 Å². The van der Waals surface area contributed by atoms with Crippen molar-refractivity contribution in [3.05, 3.63) is 94.2 Å². The Hall–Kier alpha value is -3.68. The molecule has 4 rings (SSSR count). The van der Waals surface area contributed by atoms with Gasteiger partial charge < -0.3 is 10.6 Å². The molecular formula is C23H17Cl2N5O2. The Kier molecular flexibility index (Phi) is 6.20. The van der Waals surface area contributed by atoms with Crippen molar-refractivity contribution >= 4 is 46.5 Å². The highest BCUT2D eigenvalue weighted by Gasteiger charge is 2.16. The van der Waals surface area contributed by atoms with Crippen LogP contribution in [-0.2, 0) is 7.05 Å². The maximum absolute atomic E-state index is 12.8. The summed E-state index contributed by atoms with van der Waals surface area (Å²) in [5, 5.41) is 10.2. The maximum atomic E-state index is 12.8. The molecule has 0 bridgehead atoms. The largest absolute Gasteiger partial charge is 0.322 e. The van der Waals surface area contributed by atoms with Gasteiger partial charge >= 0.3 is 0 Å². The molecule has 0 aliphatic carbocycles. The molecule has 0 saturated heterocycles. The molecule has 0 fully saturated rings. The standard InChI is InChI=1S/C23H17Cl2N5O2/c1-30-21(9-11-27-30)29-22(31)14-5-7-16(19(25)12-14)23(32)28-15-6-8-18(24)17(13-15)20-4-2-3-10-26-20/h2-13H,1H3,(H,28,32)(H,29,31). The molecule has 0 spiro atoms. The van der Waals surface area contributed by atoms with Crippen LogP contribution in [0, 0.1) is 0 Å². The predicted octanol–water partition coefficient (Wildman–Crippen LogP) is 5.29. The molecule has 2 aromatic heterocycles. The predicted molar refractivity (Wildman–Crippen MR) is 125 cm³/mol. The van der Waals surface area contributed by atoms with Gasteiger partial charge in [0.2, 0.25) is 0 Å². The van der Waals surface area contributed by atoms with Crippen molar-refractivity contribution in [3.63, 3.8) is 0 Å². The first-order chi connectivity index (χ1) is 15.4. The molecular weight excluding hydrogens is 449 g/mol. The van der Waals surface area contributed by atoms with Gasteiger partial charge in [-0.2, -0.15) is 5.10 Å². The second kappa shape index (κ2) is 9.21. The van der Waals surface area contributed by atoms with E-state index in [2.05, 4.69) is 20.7 Å². The number of anilines is 2. The molecule has 0 saturated carbocycles. The minimum Gasteiger partial charge on any atom is -0.322 e. The number of aryl methyl sites for hydroxylation is 1. The van der Waals surface area contributed by atoms with E-state index < -0.39 is 5.91 Å². The number of benzene rings is 2. The van der Waals surface area contributed by atoms with E-state index in [0.29, 0.717) is 33.3 Å². The van der Waals surface area contributed by atoms with E-state index >= 15 is 0 Å². The third-order valence-corrected chi connectivity index (χ3v) is 5.35. The van der Waals surface area contributed by atoms with Gasteiger partial charge in [0.1, 0.15) is 5.82 Å². The highest BCUT2D eigenvalue weighted by molar-refractivity contribution is 6.35. The molecule has 2 aromatic carbocycles. The van der Waals surface area contributed by atoms with Gasteiger partial charge in [-0.05, 0) is 48.5 Å². The third kappa shape index (κ3) is 4.64. The zero-order valence-corrected chi connectivity index (χ0v) is 18.4. The van der Waals surface area contributed by atoms with E-state index in [1.54, 1.807) is 43.7 Å². The fraction of sp³-hybridized carbons (Fsp3) is 0.0435. The molecule has 0 aliphatic heterocycles. The summed E-state index contributed by atoms with van der Waals surface area (Å²) in [5.41, 5.74) is 2.47. The van der Waals surface area contributed by atoms with Crippen LogP contribution in [0.15, 0.2) is 73.1 Å². The van der Waals surface area contributed by atoms with Crippen LogP contribution in [0.3, 0.4) is 0 Å². The number of hydrogen-bond acceptors (Lipinski definition) is 4. The quantitative estimate of drug-likeness (QED) is 0.418. The van der Waals surface area contributed by atoms with Gasteiger partial charge in [0.05, 0.1) is 27.5 Å². The highest BCUT2D eigenvalue weighted by atomic mass is 35.5. The molecule has 2 heterocycles. The number of aromatic nitrogens is 3. The van der Waals surface area contributed by atoms with E-state index in [9.17, 15) is 9.59 Å². The molecule has 2 amide bonds. The molecule has 0 aliphatic rings. The number of carbonyl (C=O) groups excluding carboxylic acids is 2. The van der Waals surface area contributed by atoms with Crippen LogP contribution in [0.2, 0.25) is 10.0 Å². The SMILES string of the molecule is Cn1nccc1NC(=O)c1ccc(C(=O)Nc2ccc(Cl)c(-c3ccccn3)c2)c(Cl)c1. The van der Waals surface area contributed by atoms with E-state index in [0.717, 1.165) is 0 Å². The average Bonchev–Trinajstić information content (AvgIpc) is 3.19. The van der Waals surface area contributed by atoms with Crippen LogP contribution < -0.4 is 10.6 Å². The van der Waals surface area contributed by atoms with Crippen molar-refractivity contribution in [2.75, 3.05) is 10.6 Å². The summed E-state index contributed by atoms with van der Waals surface area (Å²) in [6, 6.07) is 16.8. The molecule has 2 N–H and O–H groups in total. The first kappa shape index (κ1) is 21.5. The number of halogens is 2. The summed E-state index contributed by atoms with van der Waals surface area (Å²) < 4.78 is 1.53. The van der Waals surface area contributed by atoms with Crippen LogP contribution in [0.5, 0.6) is 0 Å². The van der Waals surface area contributed by atoms with Crippen molar-refractivity contribution in [1.82, 2.24) is 14.8 Å². The number of pyridine rings is 1. The number of hydrogen-bond donors (Lipinski definition) is 2. The lowest BCUT2D eigenvalue weighted by Gasteiger charge is -2.11. The van der Waals surface area contributed by atoms with E-state index in [4.69, 9.17) is 23.2 Å². The molecule has 9 heteroatoms. The first-order valence-electron chi connectivity index (χ1n) is 9.53. The lowest BCUT2D eigenvalue weighted by Crippen LogP contribution is -2.16. The summed E-state index contributed by atoms with van der Waals surface area (Å²) in [5.74, 6) is -0.234. The Morgan fingerprint density at radius 2 is 1.72 bits per heavy atom. The second-order valence-electron chi connectivity index (χ2n) is 6.85. The Morgan fingerprint density at radius 3 is 2.41 bits per heavy atom. The van der Waals surface area contributed by atoms with Crippen molar-refractivity contribution in [2.45, 2.75) is 0 Å². The average molecular weight is 466 g/mol. The lowest BCUT2D eigenvalue weighted by molar-refractivity contribution is 0.101. The molecule has 4 aromatic rings. The Balaban J connectivity index is 1.52. The molecule has 0 atom stereocenters. The van der Waals surface area contributed by atoms with Gasteiger partial charge in [-0.1, -0.05) is 29.3 Å². The summed E-state index contributed by atoms with van der Waals surface area (Å²) in [6.07, 6.45) is 3.24. The van der Waals surface area contributed by atoms with Crippen LogP contribution in [0.1, 0.15) is 20.7 Å². The van der Waals surface area contributed by atoms with Gasteiger partial charge in [0.15, 0.2) is 0 Å². The van der Waals surface area contributed by atoms with Crippen molar-refractivity contribution in [1.29, 1.82) is 0 Å². The summed E-state index contributed by atoms with van der Waals surface area (Å²) in [6.45, 7) is 0. The summed E-state index contributed by atoms with van der Waals surface area (Å²) >= 11 is 12.6. The second-order valence-corrected chi connectivity index (χ2v) is 7.67. The minimum absolute atomic E-state index is 0.152. The van der Waals surface area contributed by atoms with Crippen molar-refractivity contribution < 1.29 is 9.59 Å². The zero-order valence-electron chi connectivity index (χ0n) is 16.8. The topological polar surface area (TPSA) is 88.9 Å². The molecule has 0 unspecified atom stereocenters.